The fourth-order valence-corrected chi connectivity index (χ4v) is 3.33. The molecule has 0 aromatic heterocycles. The highest BCUT2D eigenvalue weighted by Crippen LogP contribution is 2.23. The molecule has 1 rings (SSSR count). The van der Waals surface area contributed by atoms with Gasteiger partial charge in [-0.3, -0.25) is 0 Å². The lowest BCUT2D eigenvalue weighted by Gasteiger charge is -2.13. The lowest BCUT2D eigenvalue weighted by Crippen LogP contribution is -2.12. The predicted molar refractivity (Wildman–Crippen MR) is 127 cm³/mol. The molecule has 0 N–H and O–H groups in total. The van der Waals surface area contributed by atoms with Crippen molar-refractivity contribution in [2.45, 2.75) is 71.3 Å². The lowest BCUT2D eigenvalue weighted by molar-refractivity contribution is -0.00948. The van der Waals surface area contributed by atoms with Crippen molar-refractivity contribution < 1.29 is 23.7 Å². The maximum absolute atomic E-state index is 5.72. The van der Waals surface area contributed by atoms with Gasteiger partial charge in [0.2, 0.25) is 0 Å². The highest BCUT2D eigenvalue weighted by Gasteiger charge is 2.05. The van der Waals surface area contributed by atoms with Crippen molar-refractivity contribution in [3.8, 4) is 0 Å². The number of unbranched alkanes of at least 4 members (excludes halogenated alkanes) is 5. The van der Waals surface area contributed by atoms with Gasteiger partial charge in [0.05, 0.1) is 59.5 Å². The molecule has 1 aromatic carbocycles. The molecule has 0 radical (unpaired) electrons. The molecule has 0 bridgehead atoms. The summed E-state index contributed by atoms with van der Waals surface area (Å²) in [7, 11) is 1.66. The molecule has 180 valence electrons. The fraction of sp³-hybridized carbons (Fsp3) is 0.769. The van der Waals surface area contributed by atoms with Gasteiger partial charge in [-0.25, -0.2) is 0 Å². The first-order valence-corrected chi connectivity index (χ1v) is 12.2. The van der Waals surface area contributed by atoms with E-state index < -0.39 is 0 Å². The van der Waals surface area contributed by atoms with Crippen LogP contribution in [0.2, 0.25) is 0 Å². The van der Waals surface area contributed by atoms with Gasteiger partial charge < -0.3 is 23.7 Å². The fourth-order valence-electron chi connectivity index (χ4n) is 3.33. The number of hydrogen-bond donors (Lipinski definition) is 0. The van der Waals surface area contributed by atoms with E-state index in [9.17, 15) is 0 Å². The Balaban J connectivity index is 1.97. The molecular formula is C26H46O5. The molecule has 1 unspecified atom stereocenters. The summed E-state index contributed by atoms with van der Waals surface area (Å²) >= 11 is 0. The van der Waals surface area contributed by atoms with Gasteiger partial charge in [-0.1, -0.05) is 76.6 Å². The molecule has 0 aliphatic heterocycles. The van der Waals surface area contributed by atoms with Crippen LogP contribution in [-0.4, -0.2) is 60.0 Å². The predicted octanol–water partition coefficient (Wildman–Crippen LogP) is 5.75. The molecule has 0 heterocycles. The van der Waals surface area contributed by atoms with Crippen LogP contribution in [-0.2, 0) is 30.3 Å². The number of hydrogen-bond acceptors (Lipinski definition) is 5. The molecule has 31 heavy (non-hydrogen) atoms. The summed E-state index contributed by atoms with van der Waals surface area (Å²) in [6.45, 7) is 9.96. The van der Waals surface area contributed by atoms with E-state index in [2.05, 4.69) is 38.1 Å². The zero-order valence-corrected chi connectivity index (χ0v) is 20.2. The number of methoxy groups -OCH3 is 1. The van der Waals surface area contributed by atoms with Gasteiger partial charge in [0.15, 0.2) is 0 Å². The molecule has 1 aromatic rings. The SMILES string of the molecule is CCCCCCCCC(C)c1ccc(COCCOCCOCCOCCOC)cc1. The van der Waals surface area contributed by atoms with E-state index in [1.54, 1.807) is 7.11 Å². The van der Waals surface area contributed by atoms with E-state index in [4.69, 9.17) is 23.7 Å². The van der Waals surface area contributed by atoms with Gasteiger partial charge in [0.1, 0.15) is 0 Å². The third-order valence-electron chi connectivity index (χ3n) is 5.36. The van der Waals surface area contributed by atoms with Crippen molar-refractivity contribution in [1.82, 2.24) is 0 Å². The van der Waals surface area contributed by atoms with Crippen LogP contribution in [0, 0.1) is 0 Å². The van der Waals surface area contributed by atoms with Crippen molar-refractivity contribution in [3.63, 3.8) is 0 Å². The summed E-state index contributed by atoms with van der Waals surface area (Å²) in [5, 5.41) is 0. The quantitative estimate of drug-likeness (QED) is 0.216. The summed E-state index contributed by atoms with van der Waals surface area (Å²) in [6, 6.07) is 8.90. The molecule has 5 heteroatoms. The van der Waals surface area contributed by atoms with Gasteiger partial charge in [0, 0.05) is 7.11 Å². The van der Waals surface area contributed by atoms with E-state index >= 15 is 0 Å². The Bertz CT molecular complexity index is 491. The third kappa shape index (κ3) is 16.3. The van der Waals surface area contributed by atoms with Crippen LogP contribution in [0.4, 0.5) is 0 Å². The lowest BCUT2D eigenvalue weighted by atomic mass is 9.94. The van der Waals surface area contributed by atoms with E-state index in [0.29, 0.717) is 65.4 Å². The van der Waals surface area contributed by atoms with Crippen molar-refractivity contribution in [1.29, 1.82) is 0 Å². The molecule has 0 saturated heterocycles. The Hall–Kier alpha value is -0.980. The number of ether oxygens (including phenoxy) is 5. The minimum Gasteiger partial charge on any atom is -0.382 e. The molecule has 0 aliphatic rings. The van der Waals surface area contributed by atoms with Gasteiger partial charge in [-0.2, -0.15) is 0 Å². The monoisotopic (exact) mass is 438 g/mol. The molecule has 0 fully saturated rings. The number of rotatable bonds is 22. The second-order valence-corrected chi connectivity index (χ2v) is 8.08. The van der Waals surface area contributed by atoms with Crippen LogP contribution in [0.5, 0.6) is 0 Å². The first-order chi connectivity index (χ1) is 15.3. The second-order valence-electron chi connectivity index (χ2n) is 8.08. The topological polar surface area (TPSA) is 46.2 Å². The van der Waals surface area contributed by atoms with Crippen LogP contribution < -0.4 is 0 Å². The van der Waals surface area contributed by atoms with Crippen LogP contribution in [0.3, 0.4) is 0 Å². The standard InChI is InChI=1S/C26H46O5/c1-4-5-6-7-8-9-10-24(2)26-13-11-25(12-14-26)23-31-22-21-30-20-19-29-18-17-28-16-15-27-3/h11-14,24H,4-10,15-23H2,1-3H3. The smallest absolute Gasteiger partial charge is 0.0718 e. The van der Waals surface area contributed by atoms with Crippen LogP contribution >= 0.6 is 0 Å². The molecule has 0 spiro atoms. The largest absolute Gasteiger partial charge is 0.382 e. The Kier molecular flexibility index (Phi) is 18.9. The zero-order chi connectivity index (χ0) is 22.4. The first kappa shape index (κ1) is 28.1. The Morgan fingerprint density at radius 3 is 1.74 bits per heavy atom. The molecule has 0 saturated carbocycles. The normalized spacial score (nSPS) is 12.4. The van der Waals surface area contributed by atoms with Gasteiger partial charge >= 0.3 is 0 Å². The zero-order valence-electron chi connectivity index (χ0n) is 20.2. The highest BCUT2D eigenvalue weighted by atomic mass is 16.6. The van der Waals surface area contributed by atoms with E-state index in [1.165, 1.54) is 56.1 Å². The van der Waals surface area contributed by atoms with E-state index in [0.717, 1.165) is 0 Å². The van der Waals surface area contributed by atoms with Gasteiger partial charge in [-0.15, -0.1) is 0 Å². The van der Waals surface area contributed by atoms with Gasteiger partial charge in [0.25, 0.3) is 0 Å². The maximum Gasteiger partial charge on any atom is 0.0718 e. The summed E-state index contributed by atoms with van der Waals surface area (Å²) in [5.41, 5.74) is 2.65. The van der Waals surface area contributed by atoms with E-state index in [-0.39, 0.29) is 0 Å². The van der Waals surface area contributed by atoms with Crippen molar-refractivity contribution >= 4 is 0 Å². The molecule has 0 aliphatic carbocycles. The molecule has 5 nitrogen and oxygen atoms in total. The minimum absolute atomic E-state index is 0.575. The Labute approximate surface area is 190 Å². The molecular weight excluding hydrogens is 392 g/mol. The second kappa shape index (κ2) is 20.9. The van der Waals surface area contributed by atoms with Crippen molar-refractivity contribution in [2.75, 3.05) is 60.0 Å². The summed E-state index contributed by atoms with van der Waals surface area (Å²) in [6.07, 6.45) is 9.47. The van der Waals surface area contributed by atoms with Crippen molar-refractivity contribution in [2.24, 2.45) is 0 Å². The van der Waals surface area contributed by atoms with Gasteiger partial charge in [-0.05, 0) is 23.5 Å². The summed E-state index contributed by atoms with van der Waals surface area (Å²) < 4.78 is 26.9. The highest BCUT2D eigenvalue weighted by molar-refractivity contribution is 5.24. The first-order valence-electron chi connectivity index (χ1n) is 12.2. The Morgan fingerprint density at radius 2 is 1.16 bits per heavy atom. The minimum atomic E-state index is 0.575. The van der Waals surface area contributed by atoms with Crippen LogP contribution in [0.1, 0.15) is 75.8 Å². The molecule has 1 atom stereocenters. The average molecular weight is 439 g/mol. The summed E-state index contributed by atoms with van der Waals surface area (Å²) in [5.74, 6) is 0.633. The number of benzene rings is 1. The van der Waals surface area contributed by atoms with Crippen LogP contribution in [0.25, 0.3) is 0 Å². The van der Waals surface area contributed by atoms with Crippen molar-refractivity contribution in [3.05, 3.63) is 35.4 Å². The van der Waals surface area contributed by atoms with E-state index in [1.807, 2.05) is 0 Å². The maximum atomic E-state index is 5.72. The average Bonchev–Trinajstić information content (AvgIpc) is 2.79. The Morgan fingerprint density at radius 1 is 0.645 bits per heavy atom. The molecule has 0 amide bonds. The van der Waals surface area contributed by atoms with Crippen LogP contribution in [0.15, 0.2) is 24.3 Å². The third-order valence-corrected chi connectivity index (χ3v) is 5.36. The summed E-state index contributed by atoms with van der Waals surface area (Å²) in [4.78, 5) is 0.